The van der Waals surface area contributed by atoms with Gasteiger partial charge in [0, 0.05) is 14.9 Å². The summed E-state index contributed by atoms with van der Waals surface area (Å²) in [7, 11) is 0. The van der Waals surface area contributed by atoms with E-state index in [1.54, 1.807) is 12.1 Å². The second-order valence-electron chi connectivity index (χ2n) is 3.35. The molecule has 0 aliphatic heterocycles. The maximum absolute atomic E-state index is 11.8. The molecular formula is C13H10BrNOS. The van der Waals surface area contributed by atoms with Crippen LogP contribution >= 0.6 is 27.9 Å². The highest BCUT2D eigenvalue weighted by molar-refractivity contribution is 9.10. The number of carbonyl (C=O) groups excluding carboxylic acids is 1. The second kappa shape index (κ2) is 5.89. The van der Waals surface area contributed by atoms with Gasteiger partial charge in [-0.15, -0.1) is 0 Å². The van der Waals surface area contributed by atoms with Gasteiger partial charge in [0.25, 0.3) is 5.91 Å². The van der Waals surface area contributed by atoms with Gasteiger partial charge in [-0.3, -0.25) is 9.52 Å². The van der Waals surface area contributed by atoms with Crippen LogP contribution < -0.4 is 4.72 Å². The Balaban J connectivity index is 1.96. The van der Waals surface area contributed by atoms with Crippen molar-refractivity contribution in [2.45, 2.75) is 4.90 Å². The van der Waals surface area contributed by atoms with Crippen molar-refractivity contribution >= 4 is 33.8 Å². The van der Waals surface area contributed by atoms with Gasteiger partial charge in [-0.25, -0.2) is 0 Å². The quantitative estimate of drug-likeness (QED) is 0.872. The first-order valence-electron chi connectivity index (χ1n) is 5.03. The fourth-order valence-corrected chi connectivity index (χ4v) is 2.14. The molecule has 0 aliphatic carbocycles. The molecule has 2 aromatic rings. The number of benzene rings is 2. The molecule has 4 heteroatoms. The summed E-state index contributed by atoms with van der Waals surface area (Å²) in [5.41, 5.74) is 0.650. The third-order valence-electron chi connectivity index (χ3n) is 2.11. The fourth-order valence-electron chi connectivity index (χ4n) is 1.25. The predicted octanol–water partition coefficient (Wildman–Crippen LogP) is 3.89. The van der Waals surface area contributed by atoms with Crippen LogP contribution in [0, 0.1) is 0 Å². The average Bonchev–Trinajstić information content (AvgIpc) is 2.38. The SMILES string of the molecule is O=C(NSc1ccccc1)c1ccc(Br)cc1. The summed E-state index contributed by atoms with van der Waals surface area (Å²) >= 11 is 4.65. The highest BCUT2D eigenvalue weighted by Crippen LogP contribution is 2.15. The Morgan fingerprint density at radius 2 is 1.65 bits per heavy atom. The smallest absolute Gasteiger partial charge is 0.261 e. The van der Waals surface area contributed by atoms with Crippen molar-refractivity contribution in [3.05, 3.63) is 64.6 Å². The summed E-state index contributed by atoms with van der Waals surface area (Å²) in [4.78, 5) is 12.8. The molecular weight excluding hydrogens is 298 g/mol. The minimum absolute atomic E-state index is 0.0913. The lowest BCUT2D eigenvalue weighted by Crippen LogP contribution is -2.15. The van der Waals surface area contributed by atoms with Crippen molar-refractivity contribution < 1.29 is 4.79 Å². The number of carbonyl (C=O) groups is 1. The van der Waals surface area contributed by atoms with Crippen molar-refractivity contribution in [3.8, 4) is 0 Å². The van der Waals surface area contributed by atoms with Crippen molar-refractivity contribution in [2.24, 2.45) is 0 Å². The summed E-state index contributed by atoms with van der Waals surface area (Å²) < 4.78 is 3.76. The molecule has 0 saturated carbocycles. The predicted molar refractivity (Wildman–Crippen MR) is 73.9 cm³/mol. The zero-order chi connectivity index (χ0) is 12.1. The Hall–Kier alpha value is -1.26. The zero-order valence-corrected chi connectivity index (χ0v) is 11.3. The van der Waals surface area contributed by atoms with Crippen LogP contribution in [0.5, 0.6) is 0 Å². The van der Waals surface area contributed by atoms with Crippen LogP contribution in [0.15, 0.2) is 64.0 Å². The van der Waals surface area contributed by atoms with Crippen LogP contribution in [0.1, 0.15) is 10.4 Å². The largest absolute Gasteiger partial charge is 0.292 e. The second-order valence-corrected chi connectivity index (χ2v) is 5.15. The van der Waals surface area contributed by atoms with Crippen LogP contribution in [0.3, 0.4) is 0 Å². The molecule has 0 fully saturated rings. The maximum Gasteiger partial charge on any atom is 0.261 e. The summed E-state index contributed by atoms with van der Waals surface area (Å²) in [6.45, 7) is 0. The van der Waals surface area contributed by atoms with E-state index < -0.39 is 0 Å². The Morgan fingerprint density at radius 3 is 2.29 bits per heavy atom. The minimum Gasteiger partial charge on any atom is -0.292 e. The molecule has 0 spiro atoms. The molecule has 0 saturated heterocycles. The van der Waals surface area contributed by atoms with Crippen LogP contribution in [-0.2, 0) is 0 Å². The number of rotatable bonds is 3. The lowest BCUT2D eigenvalue weighted by molar-refractivity contribution is 0.0984. The van der Waals surface area contributed by atoms with Gasteiger partial charge in [0.05, 0.1) is 0 Å². The summed E-state index contributed by atoms with van der Waals surface area (Å²) in [6.07, 6.45) is 0. The van der Waals surface area contributed by atoms with Gasteiger partial charge >= 0.3 is 0 Å². The van der Waals surface area contributed by atoms with Gasteiger partial charge in [0.15, 0.2) is 0 Å². The third kappa shape index (κ3) is 3.61. The molecule has 0 aromatic heterocycles. The molecule has 0 heterocycles. The first-order chi connectivity index (χ1) is 8.25. The number of hydrogen-bond donors (Lipinski definition) is 1. The Bertz CT molecular complexity index is 499. The molecule has 2 rings (SSSR count). The van der Waals surface area contributed by atoms with Crippen molar-refractivity contribution in [2.75, 3.05) is 0 Å². The molecule has 86 valence electrons. The van der Waals surface area contributed by atoms with Gasteiger partial charge in [-0.2, -0.15) is 0 Å². The van der Waals surface area contributed by atoms with Gasteiger partial charge in [-0.05, 0) is 48.3 Å². The van der Waals surface area contributed by atoms with E-state index in [0.29, 0.717) is 5.56 Å². The van der Waals surface area contributed by atoms with Crippen LogP contribution in [-0.4, -0.2) is 5.91 Å². The summed E-state index contributed by atoms with van der Waals surface area (Å²) in [6, 6.07) is 17.0. The average molecular weight is 308 g/mol. The van der Waals surface area contributed by atoms with Gasteiger partial charge < -0.3 is 0 Å². The molecule has 1 N–H and O–H groups in total. The molecule has 0 aliphatic rings. The van der Waals surface area contributed by atoms with Crippen molar-refractivity contribution in [3.63, 3.8) is 0 Å². The van der Waals surface area contributed by atoms with E-state index in [9.17, 15) is 4.79 Å². The van der Waals surface area contributed by atoms with Crippen molar-refractivity contribution in [1.82, 2.24) is 4.72 Å². The molecule has 0 radical (unpaired) electrons. The van der Waals surface area contributed by atoms with E-state index in [4.69, 9.17) is 0 Å². The lowest BCUT2D eigenvalue weighted by atomic mass is 10.2. The number of nitrogens with one attached hydrogen (secondary N) is 1. The normalized spacial score (nSPS) is 9.94. The lowest BCUT2D eigenvalue weighted by Gasteiger charge is -2.04. The molecule has 0 atom stereocenters. The van der Waals surface area contributed by atoms with E-state index in [-0.39, 0.29) is 5.91 Å². The topological polar surface area (TPSA) is 29.1 Å². The first-order valence-corrected chi connectivity index (χ1v) is 6.64. The third-order valence-corrected chi connectivity index (χ3v) is 3.44. The van der Waals surface area contributed by atoms with Crippen LogP contribution in [0.25, 0.3) is 0 Å². The first kappa shape index (κ1) is 12.2. The number of amides is 1. The van der Waals surface area contributed by atoms with Gasteiger partial charge in [0.2, 0.25) is 0 Å². The van der Waals surface area contributed by atoms with E-state index in [0.717, 1.165) is 9.37 Å². The van der Waals surface area contributed by atoms with Gasteiger partial charge in [-0.1, -0.05) is 34.1 Å². The molecule has 1 amide bonds. The van der Waals surface area contributed by atoms with Gasteiger partial charge in [0.1, 0.15) is 0 Å². The molecule has 0 unspecified atom stereocenters. The molecule has 2 aromatic carbocycles. The standard InChI is InChI=1S/C13H10BrNOS/c14-11-8-6-10(7-9-11)13(16)15-17-12-4-2-1-3-5-12/h1-9H,(H,15,16). The molecule has 17 heavy (non-hydrogen) atoms. The van der Waals surface area contributed by atoms with Crippen LogP contribution in [0.2, 0.25) is 0 Å². The number of hydrogen-bond acceptors (Lipinski definition) is 2. The maximum atomic E-state index is 11.8. The minimum atomic E-state index is -0.0913. The van der Waals surface area contributed by atoms with Crippen molar-refractivity contribution in [1.29, 1.82) is 0 Å². The zero-order valence-electron chi connectivity index (χ0n) is 8.89. The Morgan fingerprint density at radius 1 is 1.00 bits per heavy atom. The monoisotopic (exact) mass is 307 g/mol. The summed E-state index contributed by atoms with van der Waals surface area (Å²) in [5, 5.41) is 0. The van der Waals surface area contributed by atoms with E-state index in [2.05, 4.69) is 20.7 Å². The van der Waals surface area contributed by atoms with Crippen LogP contribution in [0.4, 0.5) is 0 Å². The summed E-state index contributed by atoms with van der Waals surface area (Å²) in [5.74, 6) is -0.0913. The van der Waals surface area contributed by atoms with E-state index >= 15 is 0 Å². The Labute approximate surface area is 113 Å². The fraction of sp³-hybridized carbons (Fsp3) is 0. The number of halogens is 1. The Kier molecular flexibility index (Phi) is 4.23. The van der Waals surface area contributed by atoms with E-state index in [1.807, 2.05) is 42.5 Å². The van der Waals surface area contributed by atoms with E-state index in [1.165, 1.54) is 11.9 Å². The molecule has 0 bridgehead atoms. The molecule has 2 nitrogen and oxygen atoms in total. The highest BCUT2D eigenvalue weighted by Gasteiger charge is 2.04. The highest BCUT2D eigenvalue weighted by atomic mass is 79.9.